The van der Waals surface area contributed by atoms with Crippen molar-refractivity contribution >= 4 is 5.97 Å². The fourth-order valence-electron chi connectivity index (χ4n) is 2.91. The Labute approximate surface area is 120 Å². The van der Waals surface area contributed by atoms with Gasteiger partial charge >= 0.3 is 5.97 Å². The first-order valence-electron chi connectivity index (χ1n) is 6.97. The quantitative estimate of drug-likeness (QED) is 0.456. The van der Waals surface area contributed by atoms with Crippen molar-refractivity contribution < 1.29 is 14.6 Å². The number of aliphatic hydroxyl groups is 1. The zero-order valence-corrected chi connectivity index (χ0v) is 12.1. The monoisotopic (exact) mass is 277 g/mol. The zero-order valence-electron chi connectivity index (χ0n) is 12.1. The van der Waals surface area contributed by atoms with Crippen molar-refractivity contribution in [3.63, 3.8) is 0 Å². The summed E-state index contributed by atoms with van der Waals surface area (Å²) in [6, 6.07) is 0. The number of rotatable bonds is 5. The predicted octanol–water partition coefficient (Wildman–Crippen LogP) is 1.75. The van der Waals surface area contributed by atoms with Gasteiger partial charge in [0.05, 0.1) is 12.7 Å². The normalized spacial score (nSPS) is 27.2. The molecule has 3 N–H and O–H groups in total. The molecule has 0 aromatic heterocycles. The predicted molar refractivity (Wildman–Crippen MR) is 78.3 cm³/mol. The Hall–Kier alpha value is -1.73. The van der Waals surface area contributed by atoms with E-state index in [0.29, 0.717) is 25.1 Å². The van der Waals surface area contributed by atoms with Crippen molar-refractivity contribution in [2.75, 3.05) is 6.61 Å². The average Bonchev–Trinajstić information content (AvgIpc) is 2.73. The molecule has 110 valence electrons. The van der Waals surface area contributed by atoms with Gasteiger partial charge in [-0.2, -0.15) is 0 Å². The number of terminal acetylenes is 1. The molecule has 3 unspecified atom stereocenters. The molecule has 20 heavy (non-hydrogen) atoms. The van der Waals surface area contributed by atoms with Gasteiger partial charge in [-0.1, -0.05) is 12.0 Å². The van der Waals surface area contributed by atoms with Crippen LogP contribution in [-0.4, -0.2) is 23.8 Å². The first-order chi connectivity index (χ1) is 9.54. The molecule has 0 spiro atoms. The molecule has 4 heteroatoms. The molecular formula is C16H23NO3. The van der Waals surface area contributed by atoms with Crippen LogP contribution >= 0.6 is 0 Å². The van der Waals surface area contributed by atoms with Gasteiger partial charge in [-0.05, 0) is 38.2 Å². The third-order valence-electron chi connectivity index (χ3n) is 3.73. The third kappa shape index (κ3) is 3.88. The first-order valence-corrected chi connectivity index (χ1v) is 6.97. The highest BCUT2D eigenvalue weighted by Crippen LogP contribution is 2.40. The van der Waals surface area contributed by atoms with Crippen molar-refractivity contribution in [1.82, 2.24) is 0 Å². The van der Waals surface area contributed by atoms with E-state index in [1.807, 2.05) is 13.0 Å². The van der Waals surface area contributed by atoms with Gasteiger partial charge in [0, 0.05) is 24.1 Å². The molecule has 4 nitrogen and oxygen atoms in total. The molecule has 1 saturated carbocycles. The maximum Gasteiger partial charge on any atom is 0.306 e. The van der Waals surface area contributed by atoms with E-state index in [-0.39, 0.29) is 17.8 Å². The van der Waals surface area contributed by atoms with E-state index in [1.54, 1.807) is 6.92 Å². The number of allylic oxidation sites excluding steroid dienone is 3. The summed E-state index contributed by atoms with van der Waals surface area (Å²) in [6.07, 6.45) is 9.84. The molecule has 1 aliphatic carbocycles. The number of nitrogens with two attached hydrogens (primary N) is 1. The summed E-state index contributed by atoms with van der Waals surface area (Å²) < 4.78 is 4.99. The summed E-state index contributed by atoms with van der Waals surface area (Å²) in [5.74, 6) is 2.05. The number of esters is 1. The highest BCUT2D eigenvalue weighted by atomic mass is 16.5. The van der Waals surface area contributed by atoms with Gasteiger partial charge in [0.25, 0.3) is 0 Å². The Kier molecular flexibility index (Phi) is 6.33. The number of carbonyl (C=O) groups is 1. The molecule has 0 heterocycles. The van der Waals surface area contributed by atoms with Gasteiger partial charge in [-0.3, -0.25) is 4.79 Å². The Balaban J connectivity index is 2.90. The van der Waals surface area contributed by atoms with Crippen LogP contribution in [0.1, 0.15) is 33.1 Å². The molecule has 1 fully saturated rings. The van der Waals surface area contributed by atoms with Crippen LogP contribution < -0.4 is 5.73 Å². The standard InChI is InChI=1S/C16H23NO3/c1-4-7-13(17)12(5-2)16-11(8-9-14(16)18)10-15(19)20-6-3/h1,5,7,11,14,16,18H,6,8-10,17H2,2-3H3/b12-5+,13-7+. The lowest BCUT2D eigenvalue weighted by atomic mass is 9.83. The summed E-state index contributed by atoms with van der Waals surface area (Å²) in [5.41, 5.74) is 7.26. The van der Waals surface area contributed by atoms with E-state index in [1.165, 1.54) is 6.08 Å². The van der Waals surface area contributed by atoms with Crippen molar-refractivity contribution in [3.8, 4) is 12.3 Å². The van der Waals surface area contributed by atoms with E-state index in [4.69, 9.17) is 16.9 Å². The van der Waals surface area contributed by atoms with E-state index in [9.17, 15) is 9.90 Å². The van der Waals surface area contributed by atoms with E-state index >= 15 is 0 Å². The van der Waals surface area contributed by atoms with Crippen LogP contribution in [0.25, 0.3) is 0 Å². The van der Waals surface area contributed by atoms with Gasteiger partial charge in [0.1, 0.15) is 0 Å². The van der Waals surface area contributed by atoms with Gasteiger partial charge < -0.3 is 15.6 Å². The first kappa shape index (κ1) is 16.3. The van der Waals surface area contributed by atoms with E-state index < -0.39 is 6.10 Å². The molecule has 0 aromatic rings. The van der Waals surface area contributed by atoms with Gasteiger partial charge in [-0.15, -0.1) is 6.42 Å². The van der Waals surface area contributed by atoms with Crippen LogP contribution in [0, 0.1) is 24.2 Å². The van der Waals surface area contributed by atoms with Crippen LogP contribution in [-0.2, 0) is 9.53 Å². The molecule has 0 radical (unpaired) electrons. The van der Waals surface area contributed by atoms with Crippen LogP contribution in [0.3, 0.4) is 0 Å². The minimum Gasteiger partial charge on any atom is -0.466 e. The second-order valence-electron chi connectivity index (χ2n) is 4.95. The molecule has 3 atom stereocenters. The third-order valence-corrected chi connectivity index (χ3v) is 3.73. The lowest BCUT2D eigenvalue weighted by molar-refractivity contribution is -0.144. The lowest BCUT2D eigenvalue weighted by Crippen LogP contribution is -2.26. The summed E-state index contributed by atoms with van der Waals surface area (Å²) in [5, 5.41) is 10.2. The minimum atomic E-state index is -0.495. The highest BCUT2D eigenvalue weighted by molar-refractivity contribution is 5.69. The van der Waals surface area contributed by atoms with Crippen LogP contribution in [0.5, 0.6) is 0 Å². The number of carbonyl (C=O) groups excluding carboxylic acids is 1. The Morgan fingerprint density at radius 2 is 2.25 bits per heavy atom. The largest absolute Gasteiger partial charge is 0.466 e. The average molecular weight is 277 g/mol. The van der Waals surface area contributed by atoms with Crippen molar-refractivity contribution in [2.45, 2.75) is 39.2 Å². The summed E-state index contributed by atoms with van der Waals surface area (Å²) >= 11 is 0. The highest BCUT2D eigenvalue weighted by Gasteiger charge is 2.39. The molecule has 0 aromatic carbocycles. The molecule has 1 aliphatic rings. The van der Waals surface area contributed by atoms with Crippen LogP contribution in [0.2, 0.25) is 0 Å². The molecule has 0 saturated heterocycles. The van der Waals surface area contributed by atoms with Crippen LogP contribution in [0.4, 0.5) is 0 Å². The SMILES string of the molecule is C#C/C=C(N)\C(=C/C)C1C(O)CCC1CC(=O)OCC. The second-order valence-corrected chi connectivity index (χ2v) is 4.95. The Morgan fingerprint density at radius 1 is 1.55 bits per heavy atom. The Morgan fingerprint density at radius 3 is 2.80 bits per heavy atom. The Bertz CT molecular complexity index is 445. The van der Waals surface area contributed by atoms with Gasteiger partial charge in [-0.25, -0.2) is 0 Å². The smallest absolute Gasteiger partial charge is 0.306 e. The maximum atomic E-state index is 11.7. The molecule has 0 aliphatic heterocycles. The second kappa shape index (κ2) is 7.76. The van der Waals surface area contributed by atoms with Gasteiger partial charge in [0.15, 0.2) is 0 Å². The summed E-state index contributed by atoms with van der Waals surface area (Å²) in [4.78, 5) is 11.7. The fourth-order valence-corrected chi connectivity index (χ4v) is 2.91. The number of hydrogen-bond donors (Lipinski definition) is 2. The van der Waals surface area contributed by atoms with E-state index in [2.05, 4.69) is 5.92 Å². The van der Waals surface area contributed by atoms with Crippen LogP contribution in [0.15, 0.2) is 23.4 Å². The van der Waals surface area contributed by atoms with Crippen molar-refractivity contribution in [3.05, 3.63) is 23.4 Å². The van der Waals surface area contributed by atoms with E-state index in [0.717, 1.165) is 12.0 Å². The van der Waals surface area contributed by atoms with Gasteiger partial charge in [0.2, 0.25) is 0 Å². The summed E-state index contributed by atoms with van der Waals surface area (Å²) in [6.45, 7) is 4.01. The van der Waals surface area contributed by atoms with Crippen molar-refractivity contribution in [2.24, 2.45) is 17.6 Å². The zero-order chi connectivity index (χ0) is 15.1. The number of aliphatic hydroxyl groups excluding tert-OH is 1. The lowest BCUT2D eigenvalue weighted by Gasteiger charge is -2.24. The molecule has 0 bridgehead atoms. The number of ether oxygens (including phenoxy) is 1. The molecular weight excluding hydrogens is 254 g/mol. The molecule has 0 amide bonds. The molecule has 1 rings (SSSR count). The minimum absolute atomic E-state index is 0.0416. The maximum absolute atomic E-state index is 11.7. The topological polar surface area (TPSA) is 72.5 Å². The number of hydrogen-bond acceptors (Lipinski definition) is 4. The summed E-state index contributed by atoms with van der Waals surface area (Å²) in [7, 11) is 0. The fraction of sp³-hybridized carbons (Fsp3) is 0.562. The van der Waals surface area contributed by atoms with Crippen molar-refractivity contribution in [1.29, 1.82) is 0 Å².